The van der Waals surface area contributed by atoms with E-state index in [4.69, 9.17) is 20.7 Å². The number of nitrogens with two attached hydrogens (primary N) is 1. The van der Waals surface area contributed by atoms with Gasteiger partial charge in [-0.25, -0.2) is 0 Å². The van der Waals surface area contributed by atoms with Gasteiger partial charge in [-0.3, -0.25) is 19.7 Å². The Morgan fingerprint density at radius 3 is 2.30 bits per heavy atom. The molecule has 1 aliphatic heterocycles. The number of aliphatic hydroxyl groups excluding tert-OH is 3. The number of amides is 2. The van der Waals surface area contributed by atoms with Crippen molar-refractivity contribution in [1.82, 2.24) is 10.6 Å². The van der Waals surface area contributed by atoms with Gasteiger partial charge in [0.25, 0.3) is 0 Å². The van der Waals surface area contributed by atoms with Gasteiger partial charge in [0.05, 0.1) is 19.1 Å². The maximum atomic E-state index is 11.2. The highest BCUT2D eigenvalue weighted by molar-refractivity contribution is 5.83. The molecule has 6 atom stereocenters. The van der Waals surface area contributed by atoms with Crippen LogP contribution < -0.4 is 16.4 Å². The van der Waals surface area contributed by atoms with Crippen molar-refractivity contribution in [2.75, 3.05) is 6.61 Å². The van der Waals surface area contributed by atoms with E-state index in [0.29, 0.717) is 0 Å². The molecular formula is C12H21N3O8. The molecule has 0 aromatic heterocycles. The van der Waals surface area contributed by atoms with E-state index < -0.39 is 67.4 Å². The summed E-state index contributed by atoms with van der Waals surface area (Å²) in [5.41, 5.74) is 4.97. The van der Waals surface area contributed by atoms with Gasteiger partial charge < -0.3 is 36.2 Å². The Morgan fingerprint density at radius 1 is 1.26 bits per heavy atom. The Bertz CT molecular complexity index is 460. The third-order valence-electron chi connectivity index (χ3n) is 3.37. The van der Waals surface area contributed by atoms with Crippen molar-refractivity contribution >= 4 is 17.8 Å². The molecule has 8 N–H and O–H groups in total. The van der Waals surface area contributed by atoms with Gasteiger partial charge in [0.1, 0.15) is 30.6 Å². The largest absolute Gasteiger partial charge is 0.480 e. The van der Waals surface area contributed by atoms with Gasteiger partial charge in [-0.15, -0.1) is 0 Å². The van der Waals surface area contributed by atoms with E-state index in [1.807, 2.05) is 0 Å². The molecule has 132 valence electrons. The highest BCUT2D eigenvalue weighted by atomic mass is 16.5. The van der Waals surface area contributed by atoms with Crippen LogP contribution in [-0.4, -0.2) is 81.4 Å². The van der Waals surface area contributed by atoms with Crippen molar-refractivity contribution in [1.29, 1.82) is 0 Å². The normalized spacial score (nSPS) is 32.1. The van der Waals surface area contributed by atoms with Crippen LogP contribution in [0, 0.1) is 0 Å². The molecule has 0 unspecified atom stereocenters. The summed E-state index contributed by atoms with van der Waals surface area (Å²) in [6, 6.07) is -2.63. The molecule has 0 aromatic rings. The van der Waals surface area contributed by atoms with Gasteiger partial charge in [0.15, 0.2) is 0 Å². The van der Waals surface area contributed by atoms with E-state index in [2.05, 4.69) is 10.6 Å². The number of rotatable bonds is 7. The topological polar surface area (TPSA) is 191 Å². The molecule has 1 rings (SSSR count). The molecular weight excluding hydrogens is 314 g/mol. The van der Waals surface area contributed by atoms with Gasteiger partial charge in [-0.05, 0) is 0 Å². The fraction of sp³-hybridized carbons (Fsp3) is 0.750. The van der Waals surface area contributed by atoms with Crippen LogP contribution in [0.15, 0.2) is 0 Å². The summed E-state index contributed by atoms with van der Waals surface area (Å²) < 4.78 is 5.29. The second kappa shape index (κ2) is 8.17. The van der Waals surface area contributed by atoms with Crippen LogP contribution in [0.2, 0.25) is 0 Å². The van der Waals surface area contributed by atoms with E-state index in [-0.39, 0.29) is 0 Å². The molecule has 11 heteroatoms. The zero-order valence-electron chi connectivity index (χ0n) is 12.4. The number of aliphatic hydroxyl groups is 3. The Hall–Kier alpha value is -1.79. The highest BCUT2D eigenvalue weighted by Gasteiger charge is 2.45. The number of carbonyl (C=O) groups is 3. The minimum absolute atomic E-state index is 0.551. The summed E-state index contributed by atoms with van der Waals surface area (Å²) in [6.45, 7) is 0.517. The number of carboxylic acids is 1. The van der Waals surface area contributed by atoms with E-state index >= 15 is 0 Å². The van der Waals surface area contributed by atoms with Crippen LogP contribution >= 0.6 is 0 Å². The summed E-state index contributed by atoms with van der Waals surface area (Å²) in [5.74, 6) is -2.83. The molecule has 0 aliphatic carbocycles. The smallest absolute Gasteiger partial charge is 0.321 e. The Balaban J connectivity index is 2.97. The van der Waals surface area contributed by atoms with Gasteiger partial charge in [-0.2, -0.15) is 0 Å². The first-order valence-electron chi connectivity index (χ1n) is 6.84. The van der Waals surface area contributed by atoms with Crippen LogP contribution in [-0.2, 0) is 19.1 Å². The standard InChI is InChI=1S/C12H21N3O8/c1-4(17)14-8-10(20)9(19)6(3-16)23-11(8)15-5(12(21)22)2-7(13)18/h5-6,8-11,15-16,19-20H,2-3H2,1H3,(H2,13,18)(H,14,17)(H,21,22)/t5-,6+,8+,9+,10+,11+/m0/s1. The molecule has 0 saturated carbocycles. The Morgan fingerprint density at radius 2 is 1.87 bits per heavy atom. The number of primary amides is 1. The lowest BCUT2D eigenvalue weighted by Gasteiger charge is -2.43. The average molecular weight is 335 g/mol. The lowest BCUT2D eigenvalue weighted by molar-refractivity contribution is -0.205. The summed E-state index contributed by atoms with van der Waals surface area (Å²) >= 11 is 0. The average Bonchev–Trinajstić information content (AvgIpc) is 2.44. The predicted molar refractivity (Wildman–Crippen MR) is 73.7 cm³/mol. The first-order chi connectivity index (χ1) is 10.7. The monoisotopic (exact) mass is 335 g/mol. The quantitative estimate of drug-likeness (QED) is 0.242. The molecule has 2 amide bonds. The zero-order valence-corrected chi connectivity index (χ0v) is 12.4. The van der Waals surface area contributed by atoms with Crippen molar-refractivity contribution in [3.05, 3.63) is 0 Å². The Kier molecular flexibility index (Phi) is 6.84. The molecule has 1 heterocycles. The summed E-state index contributed by atoms with van der Waals surface area (Å²) in [5, 5.41) is 42.9. The van der Waals surface area contributed by atoms with Crippen LogP contribution in [0.3, 0.4) is 0 Å². The van der Waals surface area contributed by atoms with E-state index in [1.165, 1.54) is 0 Å². The lowest BCUT2D eigenvalue weighted by Crippen LogP contribution is -2.69. The van der Waals surface area contributed by atoms with Gasteiger partial charge in [-0.1, -0.05) is 0 Å². The highest BCUT2D eigenvalue weighted by Crippen LogP contribution is 2.20. The maximum absolute atomic E-state index is 11.2. The number of hydrogen-bond acceptors (Lipinski definition) is 8. The predicted octanol–water partition coefficient (Wildman–Crippen LogP) is -4.15. The van der Waals surface area contributed by atoms with Crippen molar-refractivity contribution in [3.8, 4) is 0 Å². The SMILES string of the molecule is CC(=O)N[C@@H]1[C@@H](O)[C@H](O)[C@@H](CO)O[C@H]1N[C@@H](CC(N)=O)C(=O)O. The molecule has 0 bridgehead atoms. The Labute approximate surface area is 131 Å². The zero-order chi connectivity index (χ0) is 17.7. The van der Waals surface area contributed by atoms with Gasteiger partial charge in [0.2, 0.25) is 11.8 Å². The summed E-state index contributed by atoms with van der Waals surface area (Å²) in [4.78, 5) is 33.3. The van der Waals surface area contributed by atoms with Crippen LogP contribution in [0.5, 0.6) is 0 Å². The molecule has 11 nitrogen and oxygen atoms in total. The number of carboxylic acid groups (broad SMARTS) is 1. The fourth-order valence-electron chi connectivity index (χ4n) is 2.27. The number of nitrogens with one attached hydrogen (secondary N) is 2. The summed E-state index contributed by atoms with van der Waals surface area (Å²) in [7, 11) is 0. The van der Waals surface area contributed by atoms with Crippen LogP contribution in [0.4, 0.5) is 0 Å². The minimum Gasteiger partial charge on any atom is -0.480 e. The second-order valence-electron chi connectivity index (χ2n) is 5.21. The van der Waals surface area contributed by atoms with Crippen molar-refractivity contribution in [2.24, 2.45) is 5.73 Å². The summed E-state index contributed by atoms with van der Waals surface area (Å²) in [6.07, 6.45) is -6.03. The van der Waals surface area contributed by atoms with Crippen molar-refractivity contribution in [3.63, 3.8) is 0 Å². The molecule has 1 fully saturated rings. The van der Waals surface area contributed by atoms with Crippen molar-refractivity contribution < 1.29 is 39.5 Å². The number of carbonyl (C=O) groups excluding carboxylic acids is 2. The molecule has 23 heavy (non-hydrogen) atoms. The van der Waals surface area contributed by atoms with Crippen LogP contribution in [0.1, 0.15) is 13.3 Å². The first kappa shape index (κ1) is 19.3. The van der Waals surface area contributed by atoms with Crippen LogP contribution in [0.25, 0.3) is 0 Å². The van der Waals surface area contributed by atoms with E-state index in [9.17, 15) is 24.6 Å². The van der Waals surface area contributed by atoms with Gasteiger partial charge in [0, 0.05) is 6.92 Å². The minimum atomic E-state index is -1.52. The molecule has 1 saturated heterocycles. The number of aliphatic carboxylic acids is 1. The molecule has 0 spiro atoms. The van der Waals surface area contributed by atoms with E-state index in [1.54, 1.807) is 0 Å². The third kappa shape index (κ3) is 5.11. The maximum Gasteiger partial charge on any atom is 0.321 e. The van der Waals surface area contributed by atoms with E-state index in [0.717, 1.165) is 6.92 Å². The third-order valence-corrected chi connectivity index (χ3v) is 3.37. The van der Waals surface area contributed by atoms with Crippen molar-refractivity contribution in [2.45, 2.75) is 50.0 Å². The first-order valence-corrected chi connectivity index (χ1v) is 6.84. The van der Waals surface area contributed by atoms with Gasteiger partial charge >= 0.3 is 5.97 Å². The number of ether oxygens (including phenoxy) is 1. The lowest BCUT2D eigenvalue weighted by atomic mass is 9.95. The molecule has 0 aromatic carbocycles. The fourth-order valence-corrected chi connectivity index (χ4v) is 2.27. The number of hydrogen-bond donors (Lipinski definition) is 7. The molecule has 1 aliphatic rings. The second-order valence-corrected chi connectivity index (χ2v) is 5.21. The molecule has 0 radical (unpaired) electrons.